The fourth-order valence-corrected chi connectivity index (χ4v) is 5.73. The Morgan fingerprint density at radius 3 is 2.14 bits per heavy atom. The first-order chi connectivity index (χ1) is 17.5. The molecule has 0 heterocycles. The van der Waals surface area contributed by atoms with Crippen LogP contribution in [0.4, 0.5) is 8.78 Å². The third-order valence-electron chi connectivity index (χ3n) is 8.05. The molecular formula is C34H40F2. The van der Waals surface area contributed by atoms with Crippen LogP contribution in [0.2, 0.25) is 0 Å². The highest BCUT2D eigenvalue weighted by molar-refractivity contribution is 5.30. The lowest BCUT2D eigenvalue weighted by Gasteiger charge is -2.29. The van der Waals surface area contributed by atoms with Gasteiger partial charge in [0.15, 0.2) is 0 Å². The van der Waals surface area contributed by atoms with Crippen molar-refractivity contribution in [2.45, 2.75) is 83.5 Å². The number of aryl methyl sites for hydroxylation is 2. The van der Waals surface area contributed by atoms with Crippen LogP contribution in [-0.2, 0) is 19.3 Å². The van der Waals surface area contributed by atoms with E-state index in [1.165, 1.54) is 36.8 Å². The monoisotopic (exact) mass is 486 g/mol. The highest BCUT2D eigenvalue weighted by Crippen LogP contribution is 2.38. The molecule has 1 fully saturated rings. The lowest BCUT2D eigenvalue weighted by molar-refractivity contribution is 0.310. The van der Waals surface area contributed by atoms with Gasteiger partial charge in [-0.1, -0.05) is 73.7 Å². The zero-order valence-electron chi connectivity index (χ0n) is 21.9. The molecule has 0 aliphatic heterocycles. The van der Waals surface area contributed by atoms with Gasteiger partial charge in [-0.25, -0.2) is 8.78 Å². The van der Waals surface area contributed by atoms with Gasteiger partial charge in [0.25, 0.3) is 0 Å². The standard InChI is InChI=1S/C34H40F2/c1-3-4-6-9-26-14-18-30(19-15-26)31-20-16-27(17-21-31)12-13-28-23-33(35)32(34(36)24-28)22-25(2)29-10-7-5-8-11-29/h3-5,7-8,10-11,14-15,18-19,23-25,27,31H,6,9,12-13,16-17,20-22H2,1-2H3/t25-,27?,31?/m0/s1. The Hall–Kier alpha value is -2.74. The second-order valence-electron chi connectivity index (χ2n) is 10.7. The van der Waals surface area contributed by atoms with Gasteiger partial charge in [0.1, 0.15) is 11.6 Å². The summed E-state index contributed by atoms with van der Waals surface area (Å²) in [5.74, 6) is 0.568. The topological polar surface area (TPSA) is 0 Å². The molecule has 3 aromatic rings. The maximum atomic E-state index is 14.9. The summed E-state index contributed by atoms with van der Waals surface area (Å²) in [6.07, 6.45) is 13.5. The molecule has 4 rings (SSSR count). The van der Waals surface area contributed by atoms with Crippen molar-refractivity contribution in [2.24, 2.45) is 5.92 Å². The first-order valence-electron chi connectivity index (χ1n) is 13.7. The summed E-state index contributed by atoms with van der Waals surface area (Å²) >= 11 is 0. The molecule has 1 aliphatic rings. The quantitative estimate of drug-likeness (QED) is 0.250. The molecule has 190 valence electrons. The molecule has 0 saturated heterocycles. The van der Waals surface area contributed by atoms with Crippen molar-refractivity contribution < 1.29 is 8.78 Å². The molecule has 1 saturated carbocycles. The zero-order chi connectivity index (χ0) is 25.3. The van der Waals surface area contributed by atoms with Gasteiger partial charge in [0.05, 0.1) is 0 Å². The van der Waals surface area contributed by atoms with Crippen molar-refractivity contribution in [3.05, 3.63) is 118 Å². The normalized spacial score (nSPS) is 19.0. The van der Waals surface area contributed by atoms with Crippen LogP contribution >= 0.6 is 0 Å². The Labute approximate surface area is 216 Å². The third kappa shape index (κ3) is 7.15. The first kappa shape index (κ1) is 26.3. The highest BCUT2D eigenvalue weighted by atomic mass is 19.1. The van der Waals surface area contributed by atoms with Crippen LogP contribution in [0.3, 0.4) is 0 Å². The van der Waals surface area contributed by atoms with Crippen LogP contribution in [0.1, 0.15) is 92.0 Å². The lowest BCUT2D eigenvalue weighted by Crippen LogP contribution is -2.14. The summed E-state index contributed by atoms with van der Waals surface area (Å²) in [4.78, 5) is 0. The molecule has 1 aliphatic carbocycles. The summed E-state index contributed by atoms with van der Waals surface area (Å²) in [7, 11) is 0. The van der Waals surface area contributed by atoms with Gasteiger partial charge < -0.3 is 0 Å². The smallest absolute Gasteiger partial charge is 0.129 e. The van der Waals surface area contributed by atoms with Crippen molar-refractivity contribution in [2.75, 3.05) is 0 Å². The van der Waals surface area contributed by atoms with Gasteiger partial charge in [0.2, 0.25) is 0 Å². The van der Waals surface area contributed by atoms with Gasteiger partial charge in [-0.2, -0.15) is 0 Å². The average molecular weight is 487 g/mol. The van der Waals surface area contributed by atoms with Crippen molar-refractivity contribution in [3.63, 3.8) is 0 Å². The second kappa shape index (κ2) is 13.0. The van der Waals surface area contributed by atoms with Gasteiger partial charge >= 0.3 is 0 Å². The van der Waals surface area contributed by atoms with E-state index < -0.39 is 11.6 Å². The van der Waals surface area contributed by atoms with Crippen LogP contribution < -0.4 is 0 Å². The van der Waals surface area contributed by atoms with Crippen LogP contribution in [0, 0.1) is 17.6 Å². The lowest BCUT2D eigenvalue weighted by atomic mass is 9.76. The molecule has 0 aromatic heterocycles. The maximum absolute atomic E-state index is 14.9. The van der Waals surface area contributed by atoms with Gasteiger partial charge in [-0.3, -0.25) is 0 Å². The van der Waals surface area contributed by atoms with Crippen molar-refractivity contribution in [3.8, 4) is 0 Å². The molecule has 0 unspecified atom stereocenters. The minimum absolute atomic E-state index is 0.0747. The number of hydrogen-bond donors (Lipinski definition) is 0. The van der Waals surface area contributed by atoms with Crippen molar-refractivity contribution in [1.29, 1.82) is 0 Å². The summed E-state index contributed by atoms with van der Waals surface area (Å²) in [6.45, 7) is 4.10. The highest BCUT2D eigenvalue weighted by Gasteiger charge is 2.23. The van der Waals surface area contributed by atoms with Gasteiger partial charge in [0, 0.05) is 5.56 Å². The van der Waals surface area contributed by atoms with Gasteiger partial charge in [-0.05, 0) is 117 Å². The minimum Gasteiger partial charge on any atom is -0.207 e. The van der Waals surface area contributed by atoms with E-state index in [2.05, 4.69) is 43.3 Å². The Morgan fingerprint density at radius 1 is 0.833 bits per heavy atom. The molecule has 2 heteroatoms. The Bertz CT molecular complexity index is 1080. The van der Waals surface area contributed by atoms with E-state index in [0.29, 0.717) is 18.3 Å². The summed E-state index contributed by atoms with van der Waals surface area (Å²) in [5.41, 5.74) is 4.98. The SMILES string of the molecule is CC=CCCc1ccc(C2CCC(CCc3cc(F)c(C[C@H](C)c4ccccc4)c(F)c3)CC2)cc1. The Balaban J connectivity index is 1.26. The van der Waals surface area contributed by atoms with E-state index in [1.54, 1.807) is 12.1 Å². The molecule has 36 heavy (non-hydrogen) atoms. The number of allylic oxidation sites excluding steroid dienone is 2. The molecule has 0 N–H and O–H groups in total. The summed E-state index contributed by atoms with van der Waals surface area (Å²) in [6, 6.07) is 22.3. The van der Waals surface area contributed by atoms with Crippen molar-refractivity contribution in [1.82, 2.24) is 0 Å². The summed E-state index contributed by atoms with van der Waals surface area (Å²) < 4.78 is 29.7. The molecule has 0 spiro atoms. The van der Waals surface area contributed by atoms with Crippen LogP contribution in [0.25, 0.3) is 0 Å². The first-order valence-corrected chi connectivity index (χ1v) is 13.7. The molecular weight excluding hydrogens is 446 g/mol. The van der Waals surface area contributed by atoms with E-state index >= 15 is 0 Å². The zero-order valence-corrected chi connectivity index (χ0v) is 21.9. The molecule has 1 atom stereocenters. The van der Waals surface area contributed by atoms with Crippen molar-refractivity contribution >= 4 is 0 Å². The number of hydrogen-bond acceptors (Lipinski definition) is 0. The largest absolute Gasteiger partial charge is 0.207 e. The van der Waals surface area contributed by atoms with Crippen LogP contribution in [0.15, 0.2) is 78.9 Å². The Morgan fingerprint density at radius 2 is 1.50 bits per heavy atom. The molecule has 0 radical (unpaired) electrons. The predicted molar refractivity (Wildman–Crippen MR) is 148 cm³/mol. The number of rotatable bonds is 10. The van der Waals surface area contributed by atoms with Crippen LogP contribution in [0.5, 0.6) is 0 Å². The number of halogens is 2. The number of benzene rings is 3. The van der Waals surface area contributed by atoms with E-state index in [9.17, 15) is 8.78 Å². The third-order valence-corrected chi connectivity index (χ3v) is 8.05. The van der Waals surface area contributed by atoms with Crippen LogP contribution in [-0.4, -0.2) is 0 Å². The molecule has 0 bridgehead atoms. The minimum atomic E-state index is -0.398. The van der Waals surface area contributed by atoms with E-state index in [4.69, 9.17) is 0 Å². The van der Waals surface area contributed by atoms with E-state index in [-0.39, 0.29) is 11.5 Å². The van der Waals surface area contributed by atoms with E-state index in [1.807, 2.05) is 37.3 Å². The summed E-state index contributed by atoms with van der Waals surface area (Å²) in [5, 5.41) is 0. The molecule has 3 aromatic carbocycles. The fourth-order valence-electron chi connectivity index (χ4n) is 5.73. The predicted octanol–water partition coefficient (Wildman–Crippen LogP) is 9.73. The van der Waals surface area contributed by atoms with Gasteiger partial charge in [-0.15, -0.1) is 0 Å². The van der Waals surface area contributed by atoms with E-state index in [0.717, 1.165) is 36.8 Å². The fraction of sp³-hybridized carbons (Fsp3) is 0.412. The second-order valence-corrected chi connectivity index (χ2v) is 10.7. The maximum Gasteiger partial charge on any atom is 0.129 e. The Kier molecular flexibility index (Phi) is 9.50. The molecule has 0 nitrogen and oxygen atoms in total. The molecule has 0 amide bonds. The average Bonchev–Trinajstić information content (AvgIpc) is 2.91.